The maximum absolute atomic E-state index is 13.2. The van der Waals surface area contributed by atoms with E-state index in [1.54, 1.807) is 0 Å². The number of aliphatic hydroxyl groups is 1. The molecular weight excluding hydrogens is 335 g/mol. The van der Waals surface area contributed by atoms with Gasteiger partial charge in [-0.05, 0) is 31.4 Å². The number of alkyl halides is 3. The molecule has 3 unspecified atom stereocenters. The molecule has 2 aliphatic heterocycles. The minimum absolute atomic E-state index is 0.0551. The van der Waals surface area contributed by atoms with Crippen LogP contribution in [0.15, 0.2) is 24.3 Å². The van der Waals surface area contributed by atoms with Crippen molar-refractivity contribution in [3.05, 3.63) is 35.4 Å². The Hall–Kier alpha value is -1.15. The molecule has 140 valence electrons. The first kappa shape index (κ1) is 18.6. The lowest BCUT2D eigenvalue weighted by molar-refractivity contribution is -0.198. The first-order valence-corrected chi connectivity index (χ1v) is 8.61. The van der Waals surface area contributed by atoms with Crippen LogP contribution < -0.4 is 0 Å². The quantitative estimate of drug-likeness (QED) is 0.901. The van der Waals surface area contributed by atoms with Gasteiger partial charge in [0.05, 0.1) is 24.4 Å². The van der Waals surface area contributed by atoms with Crippen molar-refractivity contribution in [2.45, 2.75) is 43.8 Å². The zero-order valence-corrected chi connectivity index (χ0v) is 14.3. The Balaban J connectivity index is 1.73. The molecule has 1 aromatic carbocycles. The lowest BCUT2D eigenvalue weighted by atomic mass is 9.92. The van der Waals surface area contributed by atoms with E-state index in [9.17, 15) is 18.3 Å². The molecule has 3 atom stereocenters. The summed E-state index contributed by atoms with van der Waals surface area (Å²) in [4.78, 5) is 1.99. The van der Waals surface area contributed by atoms with Crippen LogP contribution in [-0.4, -0.2) is 54.6 Å². The number of β-amino-alcohol motifs (C(OH)–C–C–N with tert-alkyl or cyclic N) is 1. The molecule has 0 saturated carbocycles. The molecule has 2 aliphatic rings. The summed E-state index contributed by atoms with van der Waals surface area (Å²) in [5, 5.41) is 10.5. The van der Waals surface area contributed by atoms with E-state index in [-0.39, 0.29) is 18.2 Å². The fraction of sp³-hybridized carbons (Fsp3) is 0.667. The van der Waals surface area contributed by atoms with Crippen molar-refractivity contribution < 1.29 is 27.8 Å². The Bertz CT molecular complexity index is 587. The number of aliphatic hydroxyl groups excluding tert-OH is 1. The second-order valence-corrected chi connectivity index (χ2v) is 7.06. The van der Waals surface area contributed by atoms with Crippen molar-refractivity contribution in [3.8, 4) is 0 Å². The van der Waals surface area contributed by atoms with Gasteiger partial charge in [0.15, 0.2) is 0 Å². The van der Waals surface area contributed by atoms with Crippen molar-refractivity contribution in [3.63, 3.8) is 0 Å². The van der Waals surface area contributed by atoms with Crippen LogP contribution in [0.2, 0.25) is 0 Å². The molecule has 2 heterocycles. The summed E-state index contributed by atoms with van der Waals surface area (Å²) in [6.07, 6.45) is -3.97. The van der Waals surface area contributed by atoms with E-state index in [0.29, 0.717) is 26.3 Å². The van der Waals surface area contributed by atoms with Crippen molar-refractivity contribution in [2.24, 2.45) is 0 Å². The summed E-state index contributed by atoms with van der Waals surface area (Å²) in [6.45, 7) is 4.42. The number of nitrogens with zero attached hydrogens (tertiary/aromatic N) is 1. The van der Waals surface area contributed by atoms with Crippen molar-refractivity contribution in [1.82, 2.24) is 4.90 Å². The van der Waals surface area contributed by atoms with Gasteiger partial charge in [0.1, 0.15) is 5.60 Å². The van der Waals surface area contributed by atoms with Gasteiger partial charge in [-0.3, -0.25) is 4.90 Å². The molecule has 4 nitrogen and oxygen atoms in total. The van der Waals surface area contributed by atoms with Gasteiger partial charge in [-0.2, -0.15) is 13.2 Å². The zero-order chi connectivity index (χ0) is 18.1. The van der Waals surface area contributed by atoms with Crippen LogP contribution in [-0.2, 0) is 15.7 Å². The molecule has 25 heavy (non-hydrogen) atoms. The number of morpholine rings is 1. The first-order chi connectivity index (χ1) is 11.8. The highest BCUT2D eigenvalue weighted by Gasteiger charge is 2.42. The highest BCUT2D eigenvalue weighted by atomic mass is 19.4. The molecule has 7 heteroatoms. The van der Waals surface area contributed by atoms with Crippen LogP contribution in [0.1, 0.15) is 37.0 Å². The van der Waals surface area contributed by atoms with Crippen molar-refractivity contribution >= 4 is 0 Å². The molecule has 0 amide bonds. The molecule has 2 saturated heterocycles. The van der Waals surface area contributed by atoms with E-state index in [0.717, 1.165) is 18.9 Å². The van der Waals surface area contributed by atoms with Gasteiger partial charge in [-0.25, -0.2) is 0 Å². The van der Waals surface area contributed by atoms with Gasteiger partial charge < -0.3 is 14.6 Å². The Labute approximate surface area is 145 Å². The highest BCUT2D eigenvalue weighted by molar-refractivity contribution is 5.31. The molecule has 2 fully saturated rings. The van der Waals surface area contributed by atoms with Crippen LogP contribution in [0.5, 0.6) is 0 Å². The summed E-state index contributed by atoms with van der Waals surface area (Å²) in [5.41, 5.74) is -1.28. The van der Waals surface area contributed by atoms with Gasteiger partial charge in [-0.15, -0.1) is 0 Å². The minimum atomic E-state index is -4.48. The number of rotatable bonds is 3. The topological polar surface area (TPSA) is 41.9 Å². The lowest BCUT2D eigenvalue weighted by Crippen LogP contribution is -2.59. The van der Waals surface area contributed by atoms with Crippen molar-refractivity contribution in [2.75, 3.05) is 32.8 Å². The molecular formula is C18H24F3NO3. The maximum Gasteiger partial charge on any atom is 0.416 e. The average Bonchev–Trinajstić information content (AvgIpc) is 2.54. The fourth-order valence-electron chi connectivity index (χ4n) is 3.91. The summed E-state index contributed by atoms with van der Waals surface area (Å²) >= 11 is 0. The third kappa shape index (κ3) is 4.34. The molecule has 1 aromatic rings. The van der Waals surface area contributed by atoms with E-state index in [1.807, 2.05) is 11.8 Å². The fourth-order valence-corrected chi connectivity index (χ4v) is 3.91. The average molecular weight is 359 g/mol. The summed E-state index contributed by atoms with van der Waals surface area (Å²) in [7, 11) is 0. The largest absolute Gasteiger partial charge is 0.416 e. The standard InChI is InChI=1S/C18H24F3NO3/c1-13-9-22(11-17(25-13)7-4-8-24-12-17)10-16(23)14-5-2-3-6-15(14)18(19,20)21/h2-3,5-6,13,16,23H,4,7-12H2,1H3. The van der Waals surface area contributed by atoms with Gasteiger partial charge in [0, 0.05) is 26.2 Å². The van der Waals surface area contributed by atoms with Crippen molar-refractivity contribution in [1.29, 1.82) is 0 Å². The molecule has 0 aromatic heterocycles. The number of benzene rings is 1. The second-order valence-electron chi connectivity index (χ2n) is 7.06. The maximum atomic E-state index is 13.2. The minimum Gasteiger partial charge on any atom is -0.387 e. The molecule has 0 bridgehead atoms. The third-order valence-electron chi connectivity index (χ3n) is 4.82. The first-order valence-electron chi connectivity index (χ1n) is 8.61. The van der Waals surface area contributed by atoms with Crippen LogP contribution in [0.4, 0.5) is 13.2 Å². The van der Waals surface area contributed by atoms with E-state index in [1.165, 1.54) is 18.2 Å². The van der Waals surface area contributed by atoms with E-state index >= 15 is 0 Å². The summed E-state index contributed by atoms with van der Waals surface area (Å²) < 4.78 is 51.2. The third-order valence-corrected chi connectivity index (χ3v) is 4.82. The number of halogens is 3. The van der Waals surface area contributed by atoms with E-state index in [2.05, 4.69) is 0 Å². The monoisotopic (exact) mass is 359 g/mol. The van der Waals surface area contributed by atoms with Crippen LogP contribution >= 0.6 is 0 Å². The number of ether oxygens (including phenoxy) is 2. The van der Waals surface area contributed by atoms with Gasteiger partial charge in [-0.1, -0.05) is 18.2 Å². The Morgan fingerprint density at radius 2 is 2.12 bits per heavy atom. The molecule has 3 rings (SSSR count). The molecule has 0 radical (unpaired) electrons. The zero-order valence-electron chi connectivity index (χ0n) is 14.3. The normalized spacial score (nSPS) is 29.7. The van der Waals surface area contributed by atoms with E-state index < -0.39 is 23.4 Å². The van der Waals surface area contributed by atoms with Crippen LogP contribution in [0.3, 0.4) is 0 Å². The predicted molar refractivity (Wildman–Crippen MR) is 86.2 cm³/mol. The summed E-state index contributed by atoms with van der Waals surface area (Å²) in [5.74, 6) is 0. The van der Waals surface area contributed by atoms with E-state index in [4.69, 9.17) is 9.47 Å². The molecule has 1 N–H and O–H groups in total. The number of hydrogen-bond donors (Lipinski definition) is 1. The van der Waals surface area contributed by atoms with Gasteiger partial charge in [0.25, 0.3) is 0 Å². The number of hydrogen-bond acceptors (Lipinski definition) is 4. The predicted octanol–water partition coefficient (Wildman–Crippen LogP) is 3.01. The van der Waals surface area contributed by atoms with Crippen LogP contribution in [0, 0.1) is 0 Å². The molecule has 1 spiro atoms. The summed E-state index contributed by atoms with van der Waals surface area (Å²) in [6, 6.07) is 5.21. The Morgan fingerprint density at radius 3 is 2.80 bits per heavy atom. The Kier molecular flexibility index (Phi) is 5.39. The highest BCUT2D eigenvalue weighted by Crippen LogP contribution is 2.36. The SMILES string of the molecule is CC1CN(CC(O)c2ccccc2C(F)(F)F)CC2(CCCOC2)O1. The van der Waals surface area contributed by atoms with Gasteiger partial charge >= 0.3 is 6.18 Å². The lowest BCUT2D eigenvalue weighted by Gasteiger charge is -2.47. The second kappa shape index (κ2) is 7.23. The smallest absolute Gasteiger partial charge is 0.387 e. The Morgan fingerprint density at radius 1 is 1.36 bits per heavy atom. The van der Waals surface area contributed by atoms with Gasteiger partial charge in [0.2, 0.25) is 0 Å². The van der Waals surface area contributed by atoms with Crippen LogP contribution in [0.25, 0.3) is 0 Å². The molecule has 0 aliphatic carbocycles.